The average Bonchev–Trinajstić information content (AvgIpc) is 2.70. The van der Waals surface area contributed by atoms with E-state index in [0.717, 1.165) is 18.2 Å². The minimum absolute atomic E-state index is 0.0402. The Labute approximate surface area is 159 Å². The number of esters is 1. The van der Waals surface area contributed by atoms with E-state index in [1.165, 1.54) is 37.5 Å². The zero-order valence-electron chi connectivity index (χ0n) is 14.8. The SMILES string of the molecule is COc1cc(C=CC(=O)OCC(=O)NNC(=O)c2ccc(F)cc2)ccc1O. The summed E-state index contributed by atoms with van der Waals surface area (Å²) in [5, 5.41) is 9.50. The van der Waals surface area contributed by atoms with Crippen molar-refractivity contribution in [2.45, 2.75) is 0 Å². The summed E-state index contributed by atoms with van der Waals surface area (Å²) in [6, 6.07) is 9.18. The molecule has 0 unspecified atom stereocenters. The quantitative estimate of drug-likeness (QED) is 0.393. The number of phenolic OH excluding ortho intramolecular Hbond substituents is 1. The number of methoxy groups -OCH3 is 1. The van der Waals surface area contributed by atoms with Crippen LogP contribution in [0.25, 0.3) is 6.08 Å². The Kier molecular flexibility index (Phi) is 7.09. The van der Waals surface area contributed by atoms with E-state index < -0.39 is 30.2 Å². The fourth-order valence-electron chi connectivity index (χ4n) is 1.98. The van der Waals surface area contributed by atoms with Crippen LogP contribution in [0.1, 0.15) is 15.9 Å². The van der Waals surface area contributed by atoms with Crippen LogP contribution in [0.4, 0.5) is 4.39 Å². The number of amides is 2. The number of carbonyl (C=O) groups is 3. The van der Waals surface area contributed by atoms with Gasteiger partial charge in [0.15, 0.2) is 18.1 Å². The van der Waals surface area contributed by atoms with Crippen molar-refractivity contribution in [2.75, 3.05) is 13.7 Å². The number of hydrazine groups is 1. The van der Waals surface area contributed by atoms with Crippen molar-refractivity contribution < 1.29 is 33.4 Å². The highest BCUT2D eigenvalue weighted by Crippen LogP contribution is 2.26. The molecule has 0 aliphatic carbocycles. The van der Waals surface area contributed by atoms with Crippen molar-refractivity contribution in [1.82, 2.24) is 10.9 Å². The lowest BCUT2D eigenvalue weighted by Gasteiger charge is -2.07. The van der Waals surface area contributed by atoms with Crippen LogP contribution >= 0.6 is 0 Å². The number of nitrogens with one attached hydrogen (secondary N) is 2. The second kappa shape index (κ2) is 9.72. The molecule has 0 bridgehead atoms. The van der Waals surface area contributed by atoms with E-state index in [9.17, 15) is 23.9 Å². The molecule has 146 valence electrons. The molecule has 0 aromatic heterocycles. The average molecular weight is 388 g/mol. The number of ether oxygens (including phenoxy) is 2. The van der Waals surface area contributed by atoms with Crippen LogP contribution in [0.5, 0.6) is 11.5 Å². The first-order valence-electron chi connectivity index (χ1n) is 7.95. The third-order valence-corrected chi connectivity index (χ3v) is 3.38. The number of rotatable bonds is 6. The fourth-order valence-corrected chi connectivity index (χ4v) is 1.98. The zero-order valence-corrected chi connectivity index (χ0v) is 14.8. The summed E-state index contributed by atoms with van der Waals surface area (Å²) in [6.45, 7) is -0.619. The molecule has 0 saturated heterocycles. The first-order valence-corrected chi connectivity index (χ1v) is 7.95. The van der Waals surface area contributed by atoms with Gasteiger partial charge in [0.2, 0.25) is 0 Å². The van der Waals surface area contributed by atoms with Crippen molar-refractivity contribution in [2.24, 2.45) is 0 Å². The maximum absolute atomic E-state index is 12.8. The van der Waals surface area contributed by atoms with E-state index in [1.807, 2.05) is 0 Å². The summed E-state index contributed by atoms with van der Waals surface area (Å²) in [5.74, 6) is -2.49. The van der Waals surface area contributed by atoms with Crippen molar-refractivity contribution >= 4 is 23.9 Å². The molecule has 0 atom stereocenters. The van der Waals surface area contributed by atoms with Crippen molar-refractivity contribution in [3.8, 4) is 11.5 Å². The van der Waals surface area contributed by atoms with Crippen LogP contribution in [-0.4, -0.2) is 36.6 Å². The first-order chi connectivity index (χ1) is 13.4. The Hall–Kier alpha value is -3.88. The molecule has 2 aromatic carbocycles. The lowest BCUT2D eigenvalue weighted by Crippen LogP contribution is -2.43. The Morgan fingerprint density at radius 3 is 2.50 bits per heavy atom. The lowest BCUT2D eigenvalue weighted by molar-refractivity contribution is -0.144. The molecule has 0 radical (unpaired) electrons. The third kappa shape index (κ3) is 6.13. The second-order valence-electron chi connectivity index (χ2n) is 5.38. The molecule has 28 heavy (non-hydrogen) atoms. The number of hydrogen-bond donors (Lipinski definition) is 3. The number of halogens is 1. The van der Waals surface area contributed by atoms with E-state index in [1.54, 1.807) is 6.07 Å². The zero-order chi connectivity index (χ0) is 20.5. The minimum atomic E-state index is -0.785. The highest BCUT2D eigenvalue weighted by atomic mass is 19.1. The minimum Gasteiger partial charge on any atom is -0.504 e. The van der Waals surface area contributed by atoms with Crippen LogP contribution in [0.2, 0.25) is 0 Å². The van der Waals surface area contributed by atoms with E-state index in [4.69, 9.17) is 9.47 Å². The van der Waals surface area contributed by atoms with E-state index >= 15 is 0 Å². The van der Waals surface area contributed by atoms with Gasteiger partial charge in [-0.25, -0.2) is 9.18 Å². The van der Waals surface area contributed by atoms with Crippen molar-refractivity contribution in [3.63, 3.8) is 0 Å². The normalized spacial score (nSPS) is 10.4. The molecule has 0 spiro atoms. The maximum Gasteiger partial charge on any atom is 0.331 e. The van der Waals surface area contributed by atoms with E-state index in [-0.39, 0.29) is 17.1 Å². The highest BCUT2D eigenvalue weighted by Gasteiger charge is 2.09. The summed E-state index contributed by atoms with van der Waals surface area (Å²) in [6.07, 6.45) is 2.51. The van der Waals surface area contributed by atoms with Gasteiger partial charge in [-0.15, -0.1) is 0 Å². The lowest BCUT2D eigenvalue weighted by atomic mass is 10.2. The van der Waals surface area contributed by atoms with Crippen LogP contribution in [-0.2, 0) is 14.3 Å². The largest absolute Gasteiger partial charge is 0.504 e. The molecule has 0 heterocycles. The Morgan fingerprint density at radius 2 is 1.82 bits per heavy atom. The molecule has 9 heteroatoms. The standard InChI is InChI=1S/C19H17FN2O6/c1-27-16-10-12(2-8-15(16)23)3-9-18(25)28-11-17(24)21-22-19(26)13-4-6-14(20)7-5-13/h2-10,23H,11H2,1H3,(H,21,24)(H,22,26). The number of aromatic hydroxyl groups is 1. The first kappa shape index (κ1) is 20.4. The van der Waals surface area contributed by atoms with Gasteiger partial charge in [0.1, 0.15) is 5.82 Å². The smallest absolute Gasteiger partial charge is 0.331 e. The molecule has 2 amide bonds. The molecule has 8 nitrogen and oxygen atoms in total. The fraction of sp³-hybridized carbons (Fsp3) is 0.105. The number of hydrogen-bond acceptors (Lipinski definition) is 6. The van der Waals surface area contributed by atoms with Crippen molar-refractivity contribution in [3.05, 3.63) is 65.5 Å². The van der Waals surface area contributed by atoms with Gasteiger partial charge in [-0.1, -0.05) is 6.07 Å². The topological polar surface area (TPSA) is 114 Å². The highest BCUT2D eigenvalue weighted by molar-refractivity contribution is 5.95. The molecule has 3 N–H and O–H groups in total. The molecule has 0 fully saturated rings. The molecule has 0 aliphatic heterocycles. The monoisotopic (exact) mass is 388 g/mol. The molecular weight excluding hydrogens is 371 g/mol. The molecule has 0 saturated carbocycles. The van der Waals surface area contributed by atoms with Crippen LogP contribution in [0.15, 0.2) is 48.5 Å². The number of carbonyl (C=O) groups excluding carboxylic acids is 3. The second-order valence-corrected chi connectivity index (χ2v) is 5.38. The molecule has 2 aromatic rings. The summed E-state index contributed by atoms with van der Waals surface area (Å²) in [5.41, 5.74) is 4.89. The molecule has 0 aliphatic rings. The van der Waals surface area contributed by atoms with E-state index in [0.29, 0.717) is 5.56 Å². The predicted octanol–water partition coefficient (Wildman–Crippen LogP) is 1.56. The van der Waals surface area contributed by atoms with Gasteiger partial charge in [0.25, 0.3) is 11.8 Å². The third-order valence-electron chi connectivity index (χ3n) is 3.38. The number of benzene rings is 2. The van der Waals surface area contributed by atoms with Gasteiger partial charge >= 0.3 is 5.97 Å². The van der Waals surface area contributed by atoms with Gasteiger partial charge in [-0.05, 0) is 48.0 Å². The van der Waals surface area contributed by atoms with Gasteiger partial charge in [-0.3, -0.25) is 20.4 Å². The molecule has 2 rings (SSSR count). The summed E-state index contributed by atoms with van der Waals surface area (Å²) >= 11 is 0. The van der Waals surface area contributed by atoms with Gasteiger partial charge < -0.3 is 14.6 Å². The van der Waals surface area contributed by atoms with Crippen LogP contribution in [0.3, 0.4) is 0 Å². The predicted molar refractivity (Wildman–Crippen MR) is 96.7 cm³/mol. The van der Waals surface area contributed by atoms with Gasteiger partial charge in [-0.2, -0.15) is 0 Å². The van der Waals surface area contributed by atoms with Gasteiger partial charge in [0, 0.05) is 11.6 Å². The van der Waals surface area contributed by atoms with Crippen LogP contribution in [0, 0.1) is 5.82 Å². The Balaban J connectivity index is 1.76. The molecular formula is C19H17FN2O6. The van der Waals surface area contributed by atoms with Crippen molar-refractivity contribution in [1.29, 1.82) is 0 Å². The summed E-state index contributed by atoms with van der Waals surface area (Å²) < 4.78 is 22.5. The Bertz CT molecular complexity index is 896. The summed E-state index contributed by atoms with van der Waals surface area (Å²) in [4.78, 5) is 35.0. The van der Waals surface area contributed by atoms with Crippen LogP contribution < -0.4 is 15.6 Å². The Morgan fingerprint density at radius 1 is 1.11 bits per heavy atom. The van der Waals surface area contributed by atoms with E-state index in [2.05, 4.69) is 10.9 Å². The summed E-state index contributed by atoms with van der Waals surface area (Å²) in [7, 11) is 1.39. The maximum atomic E-state index is 12.8. The number of phenols is 1. The van der Waals surface area contributed by atoms with Gasteiger partial charge in [0.05, 0.1) is 7.11 Å².